The van der Waals surface area contributed by atoms with Crippen molar-refractivity contribution >= 4 is 0 Å². The quantitative estimate of drug-likeness (QED) is 0.805. The van der Waals surface area contributed by atoms with E-state index < -0.39 is 0 Å². The molecule has 8 nitrogen and oxygen atoms in total. The SMILES string of the molecule is N#Cc1ncn(CCCn2cnc(C#N)c2C#N)c1C#N. The van der Waals surface area contributed by atoms with E-state index in [1.165, 1.54) is 12.7 Å². The fourth-order valence-corrected chi connectivity index (χ4v) is 1.91. The molecule has 0 aliphatic rings. The first-order valence-corrected chi connectivity index (χ1v) is 5.95. The lowest BCUT2D eigenvalue weighted by molar-refractivity contribution is 0.557. The molecule has 0 atom stereocenters. The highest BCUT2D eigenvalue weighted by Gasteiger charge is 2.11. The van der Waals surface area contributed by atoms with Gasteiger partial charge in [0.05, 0.1) is 12.7 Å². The third-order valence-corrected chi connectivity index (χ3v) is 2.90. The van der Waals surface area contributed by atoms with Crippen molar-refractivity contribution in [3.8, 4) is 24.3 Å². The maximum Gasteiger partial charge on any atom is 0.176 e. The van der Waals surface area contributed by atoms with E-state index in [4.69, 9.17) is 21.0 Å². The van der Waals surface area contributed by atoms with Gasteiger partial charge in [0.1, 0.15) is 24.3 Å². The Labute approximate surface area is 120 Å². The number of rotatable bonds is 4. The first kappa shape index (κ1) is 13.8. The molecule has 0 unspecified atom stereocenters. The summed E-state index contributed by atoms with van der Waals surface area (Å²) in [4.78, 5) is 7.69. The minimum Gasteiger partial charge on any atom is -0.321 e. The lowest BCUT2D eigenvalue weighted by Gasteiger charge is -2.05. The third-order valence-electron chi connectivity index (χ3n) is 2.90. The second-order valence-corrected chi connectivity index (χ2v) is 4.07. The number of imidazole rings is 2. The van der Waals surface area contributed by atoms with Crippen LogP contribution >= 0.6 is 0 Å². The molecule has 0 bridgehead atoms. The summed E-state index contributed by atoms with van der Waals surface area (Å²) < 4.78 is 3.18. The largest absolute Gasteiger partial charge is 0.321 e. The van der Waals surface area contributed by atoms with Crippen LogP contribution in [0.2, 0.25) is 0 Å². The minimum atomic E-state index is 0.101. The Morgan fingerprint density at radius 3 is 1.52 bits per heavy atom. The predicted octanol–water partition coefficient (Wildman–Crippen LogP) is 0.657. The van der Waals surface area contributed by atoms with E-state index in [1.807, 2.05) is 24.3 Å². The van der Waals surface area contributed by atoms with Crippen molar-refractivity contribution in [3.05, 3.63) is 35.4 Å². The highest BCUT2D eigenvalue weighted by Crippen LogP contribution is 2.09. The molecular formula is C13H8N8. The van der Waals surface area contributed by atoms with Gasteiger partial charge in [0, 0.05) is 13.1 Å². The van der Waals surface area contributed by atoms with Crippen LogP contribution in [0.25, 0.3) is 0 Å². The van der Waals surface area contributed by atoms with Crippen LogP contribution in [-0.2, 0) is 13.1 Å². The molecule has 2 aromatic heterocycles. The van der Waals surface area contributed by atoms with Gasteiger partial charge in [0.15, 0.2) is 22.8 Å². The molecule has 21 heavy (non-hydrogen) atoms. The Balaban J connectivity index is 2.07. The summed E-state index contributed by atoms with van der Waals surface area (Å²) in [7, 11) is 0. The lowest BCUT2D eigenvalue weighted by Crippen LogP contribution is -2.06. The van der Waals surface area contributed by atoms with E-state index in [-0.39, 0.29) is 22.8 Å². The fraction of sp³-hybridized carbons (Fsp3) is 0.231. The van der Waals surface area contributed by atoms with Crippen LogP contribution < -0.4 is 0 Å². The van der Waals surface area contributed by atoms with Crippen molar-refractivity contribution in [2.45, 2.75) is 19.5 Å². The first-order valence-electron chi connectivity index (χ1n) is 5.95. The molecule has 2 aromatic rings. The van der Waals surface area contributed by atoms with Gasteiger partial charge < -0.3 is 9.13 Å². The number of aromatic nitrogens is 4. The van der Waals surface area contributed by atoms with Gasteiger partial charge in [-0.25, -0.2) is 9.97 Å². The molecule has 0 N–H and O–H groups in total. The van der Waals surface area contributed by atoms with Crippen molar-refractivity contribution in [2.75, 3.05) is 0 Å². The summed E-state index contributed by atoms with van der Waals surface area (Å²) in [5.41, 5.74) is 0.650. The van der Waals surface area contributed by atoms with Gasteiger partial charge in [0.25, 0.3) is 0 Å². The summed E-state index contributed by atoms with van der Waals surface area (Å²) >= 11 is 0. The summed E-state index contributed by atoms with van der Waals surface area (Å²) in [6.45, 7) is 0.949. The van der Waals surface area contributed by atoms with Crippen LogP contribution in [0.4, 0.5) is 0 Å². The number of nitriles is 4. The van der Waals surface area contributed by atoms with E-state index in [2.05, 4.69) is 9.97 Å². The molecule has 0 amide bonds. The third kappa shape index (κ3) is 2.56. The Morgan fingerprint density at radius 2 is 1.19 bits per heavy atom. The number of nitrogens with zero attached hydrogens (tertiary/aromatic N) is 8. The van der Waals surface area contributed by atoms with E-state index in [1.54, 1.807) is 9.13 Å². The van der Waals surface area contributed by atoms with Crippen LogP contribution in [0.5, 0.6) is 0 Å². The smallest absolute Gasteiger partial charge is 0.176 e. The van der Waals surface area contributed by atoms with E-state index >= 15 is 0 Å². The molecule has 0 aliphatic heterocycles. The Morgan fingerprint density at radius 1 is 0.762 bits per heavy atom. The molecule has 2 heterocycles. The van der Waals surface area contributed by atoms with Crippen LogP contribution in [0, 0.1) is 45.3 Å². The van der Waals surface area contributed by atoms with Gasteiger partial charge in [-0.05, 0) is 6.42 Å². The molecule has 0 saturated heterocycles. The second kappa shape index (κ2) is 6.02. The van der Waals surface area contributed by atoms with Crippen LogP contribution in [-0.4, -0.2) is 19.1 Å². The maximum absolute atomic E-state index is 9.00. The molecule has 0 aromatic carbocycles. The Bertz CT molecular complexity index is 757. The van der Waals surface area contributed by atoms with Gasteiger partial charge in [-0.1, -0.05) is 0 Å². The van der Waals surface area contributed by atoms with E-state index in [0.717, 1.165) is 0 Å². The van der Waals surface area contributed by atoms with Crippen molar-refractivity contribution in [1.29, 1.82) is 21.0 Å². The standard InChI is InChI=1S/C13H8N8/c14-4-10-12(6-16)20(8-18-10)2-1-3-21-9-19-11(5-15)13(21)7-17/h8-9H,1-3H2. The van der Waals surface area contributed by atoms with Crippen molar-refractivity contribution in [3.63, 3.8) is 0 Å². The first-order chi connectivity index (χ1) is 10.2. The number of aryl methyl sites for hydroxylation is 2. The molecule has 0 radical (unpaired) electrons. The number of hydrogen-bond donors (Lipinski definition) is 0. The summed E-state index contributed by atoms with van der Waals surface area (Å²) in [6.07, 6.45) is 3.49. The number of hydrogen-bond acceptors (Lipinski definition) is 6. The normalized spacial score (nSPS) is 9.33. The highest BCUT2D eigenvalue weighted by atomic mass is 15.1. The Kier molecular flexibility index (Phi) is 3.95. The van der Waals surface area contributed by atoms with Crippen LogP contribution in [0.1, 0.15) is 29.2 Å². The monoisotopic (exact) mass is 276 g/mol. The van der Waals surface area contributed by atoms with Crippen LogP contribution in [0.3, 0.4) is 0 Å². The lowest BCUT2D eigenvalue weighted by atomic mass is 10.3. The zero-order chi connectivity index (χ0) is 15.2. The summed E-state index contributed by atoms with van der Waals surface area (Å²) in [5, 5.41) is 35.6. The molecule has 2 rings (SSSR count). The predicted molar refractivity (Wildman–Crippen MR) is 67.9 cm³/mol. The second-order valence-electron chi connectivity index (χ2n) is 4.07. The average molecular weight is 276 g/mol. The molecule has 0 saturated carbocycles. The van der Waals surface area contributed by atoms with Gasteiger partial charge in [0.2, 0.25) is 0 Å². The van der Waals surface area contributed by atoms with Crippen LogP contribution in [0.15, 0.2) is 12.7 Å². The Hall–Kier alpha value is -3.62. The van der Waals surface area contributed by atoms with Gasteiger partial charge in [-0.15, -0.1) is 0 Å². The van der Waals surface area contributed by atoms with Gasteiger partial charge in [-0.3, -0.25) is 0 Å². The maximum atomic E-state index is 9.00. The van der Waals surface area contributed by atoms with Crippen molar-refractivity contribution in [2.24, 2.45) is 0 Å². The molecule has 100 valence electrons. The zero-order valence-corrected chi connectivity index (χ0v) is 10.9. The summed E-state index contributed by atoms with van der Waals surface area (Å²) in [6, 6.07) is 7.60. The van der Waals surface area contributed by atoms with Gasteiger partial charge in [-0.2, -0.15) is 21.0 Å². The minimum absolute atomic E-state index is 0.101. The van der Waals surface area contributed by atoms with Crippen molar-refractivity contribution < 1.29 is 0 Å². The molecule has 0 fully saturated rings. The summed E-state index contributed by atoms with van der Waals surface area (Å²) in [5.74, 6) is 0. The van der Waals surface area contributed by atoms with E-state index in [9.17, 15) is 0 Å². The average Bonchev–Trinajstić information content (AvgIpc) is 3.09. The van der Waals surface area contributed by atoms with Crippen molar-refractivity contribution in [1.82, 2.24) is 19.1 Å². The highest BCUT2D eigenvalue weighted by molar-refractivity contribution is 5.36. The van der Waals surface area contributed by atoms with Gasteiger partial charge >= 0.3 is 0 Å². The molecule has 0 aliphatic carbocycles. The topological polar surface area (TPSA) is 131 Å². The molecule has 0 spiro atoms. The molecule has 8 heteroatoms. The zero-order valence-electron chi connectivity index (χ0n) is 10.9. The fourth-order valence-electron chi connectivity index (χ4n) is 1.91. The van der Waals surface area contributed by atoms with E-state index in [0.29, 0.717) is 19.5 Å². The molecular weight excluding hydrogens is 268 g/mol.